The average molecular weight is 604 g/mol. The molecule has 9 nitrogen and oxygen atoms in total. The molecule has 0 fully saturated rings. The molecule has 3 aromatic rings. The Labute approximate surface area is 254 Å². The highest BCUT2D eigenvalue weighted by Crippen LogP contribution is 2.44. The number of nitrogens with one attached hydrogen (secondary N) is 1. The third-order valence-corrected chi connectivity index (χ3v) is 8.92. The minimum Gasteiger partial charge on any atom is -0.454 e. The van der Waals surface area contributed by atoms with Crippen LogP contribution in [0.25, 0.3) is 11.3 Å². The summed E-state index contributed by atoms with van der Waals surface area (Å²) >= 11 is 0. The van der Waals surface area contributed by atoms with Crippen LogP contribution in [0.3, 0.4) is 0 Å². The fourth-order valence-corrected chi connectivity index (χ4v) is 6.50. The Hall–Kier alpha value is -3.75. The van der Waals surface area contributed by atoms with Crippen LogP contribution in [0, 0.1) is 11.8 Å². The Morgan fingerprint density at radius 1 is 1.12 bits per heavy atom. The van der Waals surface area contributed by atoms with Crippen molar-refractivity contribution in [3.63, 3.8) is 0 Å². The molecule has 3 heterocycles. The van der Waals surface area contributed by atoms with E-state index in [4.69, 9.17) is 14.5 Å². The number of hydrogen-bond acceptors (Lipinski definition) is 7. The minimum absolute atomic E-state index is 0.101. The van der Waals surface area contributed by atoms with Crippen molar-refractivity contribution in [2.45, 2.75) is 70.5 Å². The van der Waals surface area contributed by atoms with Crippen LogP contribution in [0.15, 0.2) is 48.5 Å². The van der Waals surface area contributed by atoms with Gasteiger partial charge in [0, 0.05) is 36.4 Å². The number of aliphatic hydroxyl groups is 2. The van der Waals surface area contributed by atoms with E-state index in [1.54, 1.807) is 19.9 Å². The zero-order chi connectivity index (χ0) is 30.9. The van der Waals surface area contributed by atoms with Gasteiger partial charge in [0.15, 0.2) is 11.5 Å². The molecule has 0 radical (unpaired) electrons. The van der Waals surface area contributed by atoms with Gasteiger partial charge in [0.25, 0.3) is 5.91 Å². The van der Waals surface area contributed by atoms with Crippen molar-refractivity contribution in [3.8, 4) is 34.6 Å². The summed E-state index contributed by atoms with van der Waals surface area (Å²) in [6.45, 7) is 9.67. The van der Waals surface area contributed by atoms with Gasteiger partial charge in [0.05, 0.1) is 16.5 Å². The summed E-state index contributed by atoms with van der Waals surface area (Å²) < 4.78 is 25.8. The fraction of sp³-hybridized carbons (Fsp3) is 0.394. The number of fused-ring (bicyclic) bond motifs is 2. The van der Waals surface area contributed by atoms with Crippen LogP contribution in [0.1, 0.15) is 79.8 Å². The summed E-state index contributed by atoms with van der Waals surface area (Å²) in [6, 6.07) is 14.4. The molecule has 3 N–H and O–H groups in total. The first-order valence-corrected chi connectivity index (χ1v) is 15.3. The minimum atomic E-state index is -1.38. The predicted molar refractivity (Wildman–Crippen MR) is 164 cm³/mol. The quantitative estimate of drug-likeness (QED) is 0.346. The number of pyridine rings is 1. The summed E-state index contributed by atoms with van der Waals surface area (Å²) in [5.41, 5.74) is 3.59. The number of amides is 1. The molecule has 5 rings (SSSR count). The second kappa shape index (κ2) is 12.1. The average Bonchev–Trinajstić information content (AvgIpc) is 3.57. The molecule has 1 aromatic heterocycles. The monoisotopic (exact) mass is 603 g/mol. The summed E-state index contributed by atoms with van der Waals surface area (Å²) in [5.74, 6) is 6.81. The van der Waals surface area contributed by atoms with Crippen LogP contribution < -0.4 is 14.8 Å². The van der Waals surface area contributed by atoms with Crippen molar-refractivity contribution < 1.29 is 28.7 Å². The lowest BCUT2D eigenvalue weighted by Gasteiger charge is -2.30. The number of hydrogen-bond donors (Lipinski definition) is 3. The van der Waals surface area contributed by atoms with Crippen LogP contribution in [-0.2, 0) is 24.1 Å². The molecular weight excluding hydrogens is 566 g/mol. The third-order valence-electron chi connectivity index (χ3n) is 7.06. The van der Waals surface area contributed by atoms with Crippen LogP contribution >= 0.6 is 0 Å². The molecule has 1 unspecified atom stereocenters. The highest BCUT2D eigenvalue weighted by atomic mass is 32.2. The lowest BCUT2D eigenvalue weighted by atomic mass is 9.95. The molecule has 10 heteroatoms. The van der Waals surface area contributed by atoms with Crippen molar-refractivity contribution in [2.75, 3.05) is 13.4 Å². The van der Waals surface area contributed by atoms with Gasteiger partial charge in [-0.15, -0.1) is 0 Å². The molecule has 0 saturated carbocycles. The van der Waals surface area contributed by atoms with Gasteiger partial charge in [-0.25, -0.2) is 13.5 Å². The topological polar surface area (TPSA) is 121 Å². The molecular formula is C33H37N3O6S. The van der Waals surface area contributed by atoms with E-state index in [0.717, 1.165) is 22.3 Å². The van der Waals surface area contributed by atoms with E-state index < -0.39 is 21.3 Å². The summed E-state index contributed by atoms with van der Waals surface area (Å²) in [4.78, 5) is 18.4. The van der Waals surface area contributed by atoms with Gasteiger partial charge in [-0.2, -0.15) is 0 Å². The van der Waals surface area contributed by atoms with E-state index in [-0.39, 0.29) is 37.6 Å². The second-order valence-corrected chi connectivity index (χ2v) is 14.3. The van der Waals surface area contributed by atoms with E-state index in [2.05, 4.69) is 17.2 Å². The van der Waals surface area contributed by atoms with Gasteiger partial charge in [-0.1, -0.05) is 30.0 Å². The molecule has 43 heavy (non-hydrogen) atoms. The number of rotatable bonds is 7. The number of nitrogens with zero attached hydrogens (tertiary/aromatic N) is 2. The molecule has 2 aliphatic heterocycles. The highest BCUT2D eigenvalue weighted by Gasteiger charge is 2.40. The van der Waals surface area contributed by atoms with Crippen LogP contribution in [-0.4, -0.2) is 53.4 Å². The second-order valence-electron chi connectivity index (χ2n) is 12.2. The summed E-state index contributed by atoms with van der Waals surface area (Å²) in [7, 11) is -1.38. The Kier molecular flexibility index (Phi) is 8.63. The first-order chi connectivity index (χ1) is 20.3. The maximum atomic E-state index is 13.7. The molecule has 0 aliphatic carbocycles. The van der Waals surface area contributed by atoms with Crippen molar-refractivity contribution >= 4 is 16.9 Å². The number of carbonyl (C=O) groups is 1. The van der Waals surface area contributed by atoms with Gasteiger partial charge in [0.2, 0.25) is 6.79 Å². The maximum Gasteiger partial charge on any atom is 0.270 e. The molecule has 2 aliphatic rings. The lowest BCUT2D eigenvalue weighted by Crippen LogP contribution is -2.36. The van der Waals surface area contributed by atoms with Gasteiger partial charge in [-0.05, 0) is 82.5 Å². The van der Waals surface area contributed by atoms with Crippen molar-refractivity contribution in [1.29, 1.82) is 0 Å². The summed E-state index contributed by atoms with van der Waals surface area (Å²) in [6.07, 6.45) is 0.358. The zero-order valence-electron chi connectivity index (χ0n) is 25.1. The van der Waals surface area contributed by atoms with Crippen LogP contribution in [0.2, 0.25) is 0 Å². The molecule has 2 atom stereocenters. The Balaban J connectivity index is 1.55. The Bertz CT molecular complexity index is 1630. The maximum absolute atomic E-state index is 13.7. The first-order valence-electron chi connectivity index (χ1n) is 14.2. The predicted octanol–water partition coefficient (Wildman–Crippen LogP) is 4.23. The molecule has 2 aromatic carbocycles. The number of carbonyl (C=O) groups excluding carboxylic acids is 1. The molecule has 226 valence electrons. The van der Waals surface area contributed by atoms with Gasteiger partial charge >= 0.3 is 0 Å². The van der Waals surface area contributed by atoms with Crippen molar-refractivity contribution in [3.05, 3.63) is 76.5 Å². The van der Waals surface area contributed by atoms with Crippen LogP contribution in [0.5, 0.6) is 11.5 Å². The van der Waals surface area contributed by atoms with E-state index in [1.165, 1.54) is 0 Å². The molecule has 1 amide bonds. The van der Waals surface area contributed by atoms with Gasteiger partial charge in [0.1, 0.15) is 22.3 Å². The van der Waals surface area contributed by atoms with E-state index >= 15 is 0 Å². The molecule has 0 bridgehead atoms. The van der Waals surface area contributed by atoms with Gasteiger partial charge in [-0.3, -0.25) is 4.79 Å². The first kappa shape index (κ1) is 30.7. The lowest BCUT2D eigenvalue weighted by molar-refractivity contribution is 0.0945. The van der Waals surface area contributed by atoms with Crippen LogP contribution in [0.4, 0.5) is 0 Å². The molecule has 0 saturated heterocycles. The SMILES string of the molecule is CC(C)(O)C#Cc1cccc(-c2nc(C(=O)NCc3ccc4c(c3)OCO4)cc3c2[C@@H](CCO)N(S(=O)C(C)(C)C)C3)c1. The Morgan fingerprint density at radius 3 is 2.60 bits per heavy atom. The zero-order valence-corrected chi connectivity index (χ0v) is 25.9. The number of aromatic nitrogens is 1. The summed E-state index contributed by atoms with van der Waals surface area (Å²) in [5, 5.41) is 23.1. The molecule has 0 spiro atoms. The van der Waals surface area contributed by atoms with Crippen molar-refractivity contribution in [1.82, 2.24) is 14.6 Å². The van der Waals surface area contributed by atoms with E-state index in [0.29, 0.717) is 35.7 Å². The fourth-order valence-electron chi connectivity index (χ4n) is 5.10. The largest absolute Gasteiger partial charge is 0.454 e. The van der Waals surface area contributed by atoms with E-state index in [1.807, 2.05) is 67.5 Å². The smallest absolute Gasteiger partial charge is 0.270 e. The number of benzene rings is 2. The third kappa shape index (κ3) is 6.92. The Morgan fingerprint density at radius 2 is 1.88 bits per heavy atom. The van der Waals surface area contributed by atoms with E-state index in [9.17, 15) is 19.2 Å². The number of aliphatic hydroxyl groups excluding tert-OH is 1. The highest BCUT2D eigenvalue weighted by molar-refractivity contribution is 7.84. The normalized spacial score (nSPS) is 16.8. The number of ether oxygens (including phenoxy) is 2. The van der Waals surface area contributed by atoms with Crippen molar-refractivity contribution in [2.24, 2.45) is 0 Å². The van der Waals surface area contributed by atoms with Gasteiger partial charge < -0.3 is 25.0 Å². The standard InChI is InChI=1S/C33H37N3O6S/c1-32(2,3)43(40)36-19-24-17-25(31(38)34-18-22-9-10-27-28(16-22)42-20-41-27)35-30(29(24)26(36)12-14-37)23-8-6-7-21(15-23)11-13-33(4,5)39/h6-10,15-17,26,37,39H,12,14,18-20H2,1-5H3,(H,34,38)/t26-,43?/m1/s1.